The van der Waals surface area contributed by atoms with Crippen LogP contribution in [0.3, 0.4) is 0 Å². The van der Waals surface area contributed by atoms with E-state index in [1.54, 1.807) is 18.2 Å². The summed E-state index contributed by atoms with van der Waals surface area (Å²) < 4.78 is 0. The first-order valence-corrected chi connectivity index (χ1v) is 8.32. The van der Waals surface area contributed by atoms with E-state index in [0.29, 0.717) is 11.3 Å². The van der Waals surface area contributed by atoms with Crippen LogP contribution in [0.25, 0.3) is 0 Å². The summed E-state index contributed by atoms with van der Waals surface area (Å²) in [6.45, 7) is 2.69. The number of amides is 1. The van der Waals surface area contributed by atoms with Crippen molar-refractivity contribution in [1.82, 2.24) is 4.90 Å². The van der Waals surface area contributed by atoms with E-state index in [2.05, 4.69) is 28.4 Å². The van der Waals surface area contributed by atoms with E-state index in [1.807, 2.05) is 24.3 Å². The summed E-state index contributed by atoms with van der Waals surface area (Å²) in [7, 11) is 0. The topological polar surface area (TPSA) is 56.1 Å². The second kappa shape index (κ2) is 7.76. The molecular weight excluding hydrogens is 298 g/mol. The van der Waals surface area contributed by atoms with Crippen molar-refractivity contribution in [2.24, 2.45) is 5.92 Å². The van der Waals surface area contributed by atoms with Crippen molar-refractivity contribution in [2.75, 3.05) is 18.4 Å². The minimum absolute atomic E-state index is 0.00629. The van der Waals surface area contributed by atoms with Crippen molar-refractivity contribution in [1.29, 1.82) is 5.26 Å². The van der Waals surface area contributed by atoms with Gasteiger partial charge in [0.25, 0.3) is 0 Å². The first-order valence-electron chi connectivity index (χ1n) is 8.32. The Kier molecular flexibility index (Phi) is 5.25. The largest absolute Gasteiger partial charge is 0.326 e. The van der Waals surface area contributed by atoms with Crippen LogP contribution in [0.5, 0.6) is 0 Å². The molecule has 1 fully saturated rings. The van der Waals surface area contributed by atoms with Gasteiger partial charge in [-0.05, 0) is 43.1 Å². The molecule has 122 valence electrons. The maximum Gasteiger partial charge on any atom is 0.228 e. The standard InChI is InChI=1S/C20H21N3O/c21-13-17-8-4-10-19(12-17)22-20(24)18-9-5-11-23(15-18)14-16-6-2-1-3-7-16/h1-4,6-8,10,12,18H,5,9,11,14-15H2,(H,22,24)/t18-/m1/s1. The Morgan fingerprint density at radius 2 is 2.04 bits per heavy atom. The van der Waals surface area contributed by atoms with E-state index in [9.17, 15) is 4.79 Å². The van der Waals surface area contributed by atoms with Crippen LogP contribution in [0.4, 0.5) is 5.69 Å². The molecule has 4 nitrogen and oxygen atoms in total. The number of hydrogen-bond donors (Lipinski definition) is 1. The number of nitrogens with zero attached hydrogens (tertiary/aromatic N) is 2. The molecule has 0 aromatic heterocycles. The van der Waals surface area contributed by atoms with Gasteiger partial charge in [-0.3, -0.25) is 9.69 Å². The highest BCUT2D eigenvalue weighted by atomic mass is 16.1. The molecule has 1 aliphatic heterocycles. The van der Waals surface area contributed by atoms with Gasteiger partial charge in [0, 0.05) is 18.8 Å². The van der Waals surface area contributed by atoms with Crippen molar-refractivity contribution >= 4 is 11.6 Å². The average Bonchev–Trinajstić information content (AvgIpc) is 2.63. The first-order chi connectivity index (χ1) is 11.7. The number of nitrogens with one attached hydrogen (secondary N) is 1. The predicted molar refractivity (Wildman–Crippen MR) is 94.2 cm³/mol. The number of hydrogen-bond acceptors (Lipinski definition) is 3. The highest BCUT2D eigenvalue weighted by Crippen LogP contribution is 2.21. The molecule has 1 heterocycles. The minimum Gasteiger partial charge on any atom is -0.326 e. The van der Waals surface area contributed by atoms with Gasteiger partial charge in [0.2, 0.25) is 5.91 Å². The fourth-order valence-corrected chi connectivity index (χ4v) is 3.17. The molecule has 1 aliphatic rings. The lowest BCUT2D eigenvalue weighted by Gasteiger charge is -2.32. The third kappa shape index (κ3) is 4.21. The molecule has 0 aliphatic carbocycles. The van der Waals surface area contributed by atoms with Gasteiger partial charge < -0.3 is 5.32 Å². The fraction of sp³-hybridized carbons (Fsp3) is 0.300. The highest BCUT2D eigenvalue weighted by molar-refractivity contribution is 5.92. The molecule has 0 unspecified atom stereocenters. The summed E-state index contributed by atoms with van der Waals surface area (Å²) in [5.41, 5.74) is 2.53. The highest BCUT2D eigenvalue weighted by Gasteiger charge is 2.25. The SMILES string of the molecule is N#Cc1cccc(NC(=O)[C@@H]2CCCN(Cc3ccccc3)C2)c1. The molecule has 0 bridgehead atoms. The van der Waals surface area contributed by atoms with Crippen molar-refractivity contribution in [2.45, 2.75) is 19.4 Å². The number of anilines is 1. The Bertz CT molecular complexity index is 736. The molecular formula is C20H21N3O. The zero-order valence-electron chi connectivity index (χ0n) is 13.6. The molecule has 0 saturated carbocycles. The Morgan fingerprint density at radius 3 is 2.83 bits per heavy atom. The normalized spacial score (nSPS) is 17.9. The summed E-state index contributed by atoms with van der Waals surface area (Å²) in [5, 5.41) is 11.9. The van der Waals surface area contributed by atoms with Gasteiger partial charge in [-0.2, -0.15) is 5.26 Å². The lowest BCUT2D eigenvalue weighted by atomic mass is 9.96. The van der Waals surface area contributed by atoms with E-state index in [-0.39, 0.29) is 11.8 Å². The lowest BCUT2D eigenvalue weighted by molar-refractivity contribution is -0.121. The van der Waals surface area contributed by atoms with Crippen LogP contribution in [0.2, 0.25) is 0 Å². The second-order valence-corrected chi connectivity index (χ2v) is 6.24. The van der Waals surface area contributed by atoms with Crippen molar-refractivity contribution in [3.63, 3.8) is 0 Å². The zero-order valence-corrected chi connectivity index (χ0v) is 13.6. The number of nitriles is 1. The Morgan fingerprint density at radius 1 is 1.21 bits per heavy atom. The summed E-state index contributed by atoms with van der Waals surface area (Å²) in [6, 6.07) is 19.5. The Labute approximate surface area is 142 Å². The maximum atomic E-state index is 12.5. The summed E-state index contributed by atoms with van der Waals surface area (Å²) in [4.78, 5) is 14.9. The van der Waals surface area contributed by atoms with Crippen molar-refractivity contribution in [3.8, 4) is 6.07 Å². The van der Waals surface area contributed by atoms with Gasteiger partial charge in [-0.1, -0.05) is 36.4 Å². The van der Waals surface area contributed by atoms with Crippen LogP contribution in [0, 0.1) is 17.2 Å². The number of rotatable bonds is 4. The number of piperidine rings is 1. The second-order valence-electron chi connectivity index (χ2n) is 6.24. The van der Waals surface area contributed by atoms with Crippen LogP contribution in [0.15, 0.2) is 54.6 Å². The van der Waals surface area contributed by atoms with Gasteiger partial charge in [-0.25, -0.2) is 0 Å². The molecule has 24 heavy (non-hydrogen) atoms. The van der Waals surface area contributed by atoms with Crippen LogP contribution in [-0.2, 0) is 11.3 Å². The smallest absolute Gasteiger partial charge is 0.228 e. The monoisotopic (exact) mass is 319 g/mol. The number of likely N-dealkylation sites (tertiary alicyclic amines) is 1. The number of carbonyl (C=O) groups is 1. The van der Waals surface area contributed by atoms with E-state index >= 15 is 0 Å². The van der Waals surface area contributed by atoms with Gasteiger partial charge in [-0.15, -0.1) is 0 Å². The quantitative estimate of drug-likeness (QED) is 0.939. The molecule has 0 radical (unpaired) electrons. The Hall–Kier alpha value is -2.64. The summed E-state index contributed by atoms with van der Waals surface area (Å²) in [5.74, 6) is 0.0380. The maximum absolute atomic E-state index is 12.5. The van der Waals surface area contributed by atoms with Crippen molar-refractivity contribution < 1.29 is 4.79 Å². The molecule has 2 aromatic rings. The molecule has 1 atom stereocenters. The van der Waals surface area contributed by atoms with Crippen LogP contribution >= 0.6 is 0 Å². The predicted octanol–water partition coefficient (Wildman–Crippen LogP) is 3.41. The third-order valence-electron chi connectivity index (χ3n) is 4.38. The molecule has 2 aromatic carbocycles. The number of carbonyl (C=O) groups excluding carboxylic acids is 1. The van der Waals surface area contributed by atoms with E-state index in [1.165, 1.54) is 5.56 Å². The molecule has 4 heteroatoms. The lowest BCUT2D eigenvalue weighted by Crippen LogP contribution is -2.40. The van der Waals surface area contributed by atoms with E-state index in [0.717, 1.165) is 32.5 Å². The molecule has 3 rings (SSSR count). The average molecular weight is 319 g/mol. The zero-order chi connectivity index (χ0) is 16.8. The van der Waals surface area contributed by atoms with E-state index < -0.39 is 0 Å². The van der Waals surface area contributed by atoms with Gasteiger partial charge in [0.05, 0.1) is 17.6 Å². The summed E-state index contributed by atoms with van der Waals surface area (Å²) in [6.07, 6.45) is 1.94. The van der Waals surface area contributed by atoms with E-state index in [4.69, 9.17) is 5.26 Å². The Balaban J connectivity index is 1.59. The fourth-order valence-electron chi connectivity index (χ4n) is 3.17. The van der Waals surface area contributed by atoms with Gasteiger partial charge in [0.1, 0.15) is 0 Å². The van der Waals surface area contributed by atoms with Crippen LogP contribution in [-0.4, -0.2) is 23.9 Å². The molecule has 1 N–H and O–H groups in total. The molecule has 0 spiro atoms. The summed E-state index contributed by atoms with van der Waals surface area (Å²) >= 11 is 0. The van der Waals surface area contributed by atoms with Crippen LogP contribution in [0.1, 0.15) is 24.0 Å². The number of benzene rings is 2. The molecule has 1 amide bonds. The molecule has 1 saturated heterocycles. The van der Waals surface area contributed by atoms with Gasteiger partial charge in [0.15, 0.2) is 0 Å². The van der Waals surface area contributed by atoms with Gasteiger partial charge >= 0.3 is 0 Å². The minimum atomic E-state index is -0.00629. The van der Waals surface area contributed by atoms with Crippen molar-refractivity contribution in [3.05, 3.63) is 65.7 Å². The first kappa shape index (κ1) is 16.2. The van der Waals surface area contributed by atoms with Crippen LogP contribution < -0.4 is 5.32 Å². The third-order valence-corrected chi connectivity index (χ3v) is 4.38.